The first-order valence-electron chi connectivity index (χ1n) is 10.3. The Morgan fingerprint density at radius 3 is 2.60 bits per heavy atom. The number of halogens is 1. The summed E-state index contributed by atoms with van der Waals surface area (Å²) in [5, 5.41) is 8.34. The van der Waals surface area contributed by atoms with E-state index in [0.717, 1.165) is 41.5 Å². The summed E-state index contributed by atoms with van der Waals surface area (Å²) in [5.74, 6) is 1.20. The fourth-order valence-electron chi connectivity index (χ4n) is 3.53. The van der Waals surface area contributed by atoms with E-state index in [1.165, 1.54) is 12.8 Å². The molecule has 1 fully saturated rings. The van der Waals surface area contributed by atoms with Gasteiger partial charge in [-0.25, -0.2) is 14.3 Å². The Labute approximate surface area is 181 Å². The zero-order valence-corrected chi connectivity index (χ0v) is 18.0. The molecular formula is C22H26ClN5O2. The van der Waals surface area contributed by atoms with Crippen LogP contribution in [-0.2, 0) is 11.3 Å². The van der Waals surface area contributed by atoms with Crippen LogP contribution in [0.5, 0.6) is 0 Å². The number of alkyl carbamates (subject to hydrolysis) is 1. The number of nitrogens with one attached hydrogen (secondary N) is 1. The van der Waals surface area contributed by atoms with Gasteiger partial charge in [0.25, 0.3) is 0 Å². The Balaban J connectivity index is 1.68. The summed E-state index contributed by atoms with van der Waals surface area (Å²) in [7, 11) is 0. The first kappa shape index (κ1) is 20.5. The molecule has 30 heavy (non-hydrogen) atoms. The molecule has 4 rings (SSSR count). The van der Waals surface area contributed by atoms with Crippen LogP contribution in [0.4, 0.5) is 10.6 Å². The van der Waals surface area contributed by atoms with Crippen LogP contribution in [0.1, 0.15) is 32.4 Å². The lowest BCUT2D eigenvalue weighted by molar-refractivity contribution is 0.132. The molecular weight excluding hydrogens is 402 g/mol. The van der Waals surface area contributed by atoms with Gasteiger partial charge in [-0.3, -0.25) is 0 Å². The molecule has 1 aromatic carbocycles. The van der Waals surface area contributed by atoms with Gasteiger partial charge in [-0.1, -0.05) is 37.6 Å². The molecule has 0 radical (unpaired) electrons. The van der Waals surface area contributed by atoms with Crippen molar-refractivity contribution in [2.75, 3.05) is 24.6 Å². The molecule has 1 aliphatic rings. The summed E-state index contributed by atoms with van der Waals surface area (Å²) in [4.78, 5) is 19.2. The Hall–Kier alpha value is -2.80. The van der Waals surface area contributed by atoms with E-state index in [2.05, 4.69) is 10.2 Å². The van der Waals surface area contributed by atoms with Crippen LogP contribution < -0.4 is 10.2 Å². The van der Waals surface area contributed by atoms with Crippen molar-refractivity contribution in [3.8, 4) is 11.3 Å². The second kappa shape index (κ2) is 8.92. The van der Waals surface area contributed by atoms with Crippen molar-refractivity contribution in [3.63, 3.8) is 0 Å². The lowest BCUT2D eigenvalue weighted by Crippen LogP contribution is -2.26. The van der Waals surface area contributed by atoms with Crippen LogP contribution in [0.25, 0.3) is 16.9 Å². The van der Waals surface area contributed by atoms with Crippen LogP contribution in [0.3, 0.4) is 0 Å². The summed E-state index contributed by atoms with van der Waals surface area (Å²) in [6, 6.07) is 11.5. The zero-order valence-electron chi connectivity index (χ0n) is 17.3. The Morgan fingerprint density at radius 1 is 1.17 bits per heavy atom. The summed E-state index contributed by atoms with van der Waals surface area (Å²) < 4.78 is 7.07. The average Bonchev–Trinajstić information content (AvgIpc) is 3.39. The lowest BCUT2D eigenvalue weighted by Gasteiger charge is -2.16. The topological polar surface area (TPSA) is 71.8 Å². The van der Waals surface area contributed by atoms with E-state index >= 15 is 0 Å². The number of aromatic nitrogens is 3. The molecule has 1 aliphatic heterocycles. The van der Waals surface area contributed by atoms with Crippen molar-refractivity contribution in [1.82, 2.24) is 19.9 Å². The number of ether oxygens (including phenoxy) is 1. The van der Waals surface area contributed by atoms with Gasteiger partial charge in [0.15, 0.2) is 5.65 Å². The molecule has 0 unspecified atom stereocenters. The number of rotatable bonds is 6. The quantitative estimate of drug-likeness (QED) is 0.625. The number of hydrogen-bond acceptors (Lipinski definition) is 5. The molecule has 2 aromatic heterocycles. The molecule has 0 spiro atoms. The Bertz CT molecular complexity index is 1030. The average molecular weight is 428 g/mol. The predicted octanol–water partition coefficient (Wildman–Crippen LogP) is 4.53. The first-order chi connectivity index (χ1) is 14.5. The van der Waals surface area contributed by atoms with Crippen LogP contribution >= 0.6 is 11.6 Å². The Morgan fingerprint density at radius 2 is 1.90 bits per heavy atom. The number of fused-ring (bicyclic) bond motifs is 1. The number of anilines is 1. The SMILES string of the molecule is CC(C)COC(=O)NCc1c(-c2ccc(Cl)cc2)nc2ccc(N3CCCC3)nn12. The summed E-state index contributed by atoms with van der Waals surface area (Å²) in [6.07, 6.45) is 1.90. The Kier molecular flexibility index (Phi) is 6.08. The molecule has 0 aliphatic carbocycles. The molecule has 7 nitrogen and oxygen atoms in total. The fraction of sp³-hybridized carbons (Fsp3) is 0.409. The number of imidazole rings is 1. The smallest absolute Gasteiger partial charge is 0.407 e. The number of benzene rings is 1. The maximum absolute atomic E-state index is 12.1. The fourth-order valence-corrected chi connectivity index (χ4v) is 3.66. The van der Waals surface area contributed by atoms with Crippen molar-refractivity contribution >= 4 is 29.2 Å². The van der Waals surface area contributed by atoms with Crippen molar-refractivity contribution in [1.29, 1.82) is 0 Å². The van der Waals surface area contributed by atoms with Gasteiger partial charge in [0.05, 0.1) is 24.5 Å². The van der Waals surface area contributed by atoms with Gasteiger partial charge in [0.2, 0.25) is 0 Å². The highest BCUT2D eigenvalue weighted by Gasteiger charge is 2.19. The number of amides is 1. The third-order valence-electron chi connectivity index (χ3n) is 5.05. The van der Waals surface area contributed by atoms with Crippen molar-refractivity contribution in [2.24, 2.45) is 5.92 Å². The highest BCUT2D eigenvalue weighted by molar-refractivity contribution is 6.30. The normalized spacial score (nSPS) is 13.9. The first-order valence-corrected chi connectivity index (χ1v) is 10.7. The van der Waals surface area contributed by atoms with Crippen LogP contribution in [0, 0.1) is 5.92 Å². The monoisotopic (exact) mass is 427 g/mol. The van der Waals surface area contributed by atoms with Crippen LogP contribution in [0.2, 0.25) is 5.02 Å². The lowest BCUT2D eigenvalue weighted by atomic mass is 10.1. The van der Waals surface area contributed by atoms with Gasteiger partial charge in [0, 0.05) is 23.7 Å². The maximum atomic E-state index is 12.1. The molecule has 1 N–H and O–H groups in total. The van der Waals surface area contributed by atoms with Gasteiger partial charge >= 0.3 is 6.09 Å². The minimum absolute atomic E-state index is 0.256. The maximum Gasteiger partial charge on any atom is 0.407 e. The second-order valence-electron chi connectivity index (χ2n) is 7.92. The molecule has 0 atom stereocenters. The molecule has 0 bridgehead atoms. The van der Waals surface area contributed by atoms with E-state index in [1.807, 2.05) is 54.8 Å². The van der Waals surface area contributed by atoms with Crippen molar-refractivity contribution in [2.45, 2.75) is 33.2 Å². The molecule has 1 saturated heterocycles. The number of carbonyl (C=O) groups is 1. The number of hydrogen-bond donors (Lipinski definition) is 1. The molecule has 1 amide bonds. The minimum Gasteiger partial charge on any atom is -0.449 e. The van der Waals surface area contributed by atoms with Crippen molar-refractivity contribution < 1.29 is 9.53 Å². The predicted molar refractivity (Wildman–Crippen MR) is 118 cm³/mol. The highest BCUT2D eigenvalue weighted by atomic mass is 35.5. The van der Waals surface area contributed by atoms with Gasteiger partial charge < -0.3 is 15.0 Å². The van der Waals surface area contributed by atoms with E-state index in [9.17, 15) is 4.79 Å². The van der Waals surface area contributed by atoms with Crippen LogP contribution in [0.15, 0.2) is 36.4 Å². The number of carbonyl (C=O) groups excluding carboxylic acids is 1. The number of nitrogens with zero attached hydrogens (tertiary/aromatic N) is 4. The third kappa shape index (κ3) is 4.51. The molecule has 158 valence electrons. The van der Waals surface area contributed by atoms with Gasteiger partial charge in [-0.05, 0) is 43.0 Å². The van der Waals surface area contributed by atoms with E-state index in [0.29, 0.717) is 11.6 Å². The van der Waals surface area contributed by atoms with Crippen molar-refractivity contribution in [3.05, 3.63) is 47.1 Å². The summed E-state index contributed by atoms with van der Waals surface area (Å²) >= 11 is 6.06. The van der Waals surface area contributed by atoms with Crippen LogP contribution in [-0.4, -0.2) is 40.4 Å². The van der Waals surface area contributed by atoms with E-state index in [-0.39, 0.29) is 12.5 Å². The summed E-state index contributed by atoms with van der Waals surface area (Å²) in [5.41, 5.74) is 3.21. The van der Waals surface area contributed by atoms with Gasteiger partial charge in [-0.15, -0.1) is 5.10 Å². The molecule has 3 heterocycles. The van der Waals surface area contributed by atoms with Gasteiger partial charge in [0.1, 0.15) is 5.82 Å². The standard InChI is InChI=1S/C22H26ClN5O2/c1-15(2)14-30-22(29)24-13-18-21(16-5-7-17(23)8-6-16)25-19-9-10-20(26-28(18)19)27-11-3-4-12-27/h5-10,15H,3-4,11-14H2,1-2H3,(H,24,29). The van der Waals surface area contributed by atoms with E-state index < -0.39 is 6.09 Å². The molecule has 3 aromatic rings. The van der Waals surface area contributed by atoms with E-state index in [1.54, 1.807) is 0 Å². The molecule has 8 heteroatoms. The minimum atomic E-state index is -0.448. The largest absolute Gasteiger partial charge is 0.449 e. The third-order valence-corrected chi connectivity index (χ3v) is 5.30. The zero-order chi connectivity index (χ0) is 21.1. The summed E-state index contributed by atoms with van der Waals surface area (Å²) in [6.45, 7) is 6.64. The second-order valence-corrected chi connectivity index (χ2v) is 8.35. The van der Waals surface area contributed by atoms with E-state index in [4.69, 9.17) is 26.4 Å². The van der Waals surface area contributed by atoms with Gasteiger partial charge in [-0.2, -0.15) is 0 Å². The molecule has 0 saturated carbocycles. The highest BCUT2D eigenvalue weighted by Crippen LogP contribution is 2.27.